The molecular weight excluding hydrogens is 296 g/mol. The van der Waals surface area contributed by atoms with Gasteiger partial charge in [-0.2, -0.15) is 11.3 Å². The molecule has 2 heterocycles. The second-order valence-electron chi connectivity index (χ2n) is 4.86. The Balaban J connectivity index is 1.77. The standard InChI is InChI=1S/C17H18N2S2/c1-2-18-15(14-8-9-20-11-14)10-17-19-16(12-21-17)13-6-4-3-5-7-13/h3-9,11-12,15,18H,2,10H2,1H3. The Morgan fingerprint density at radius 3 is 2.71 bits per heavy atom. The van der Waals surface area contributed by atoms with E-state index in [1.165, 1.54) is 16.1 Å². The molecule has 21 heavy (non-hydrogen) atoms. The summed E-state index contributed by atoms with van der Waals surface area (Å²) in [6, 6.07) is 12.9. The SMILES string of the molecule is CCNC(Cc1nc(-c2ccccc2)cs1)c1ccsc1. The topological polar surface area (TPSA) is 24.9 Å². The highest BCUT2D eigenvalue weighted by Crippen LogP contribution is 2.26. The first kappa shape index (κ1) is 14.4. The molecule has 1 unspecified atom stereocenters. The van der Waals surface area contributed by atoms with Crippen molar-refractivity contribution in [2.24, 2.45) is 0 Å². The number of benzene rings is 1. The highest BCUT2D eigenvalue weighted by atomic mass is 32.1. The van der Waals surface area contributed by atoms with Gasteiger partial charge in [-0.05, 0) is 28.9 Å². The van der Waals surface area contributed by atoms with Crippen LogP contribution in [0.25, 0.3) is 11.3 Å². The predicted octanol–water partition coefficient (Wildman–Crippen LogP) is 4.76. The van der Waals surface area contributed by atoms with Crippen LogP contribution in [0.15, 0.2) is 52.5 Å². The Labute approximate surface area is 133 Å². The summed E-state index contributed by atoms with van der Waals surface area (Å²) >= 11 is 3.50. The van der Waals surface area contributed by atoms with Crippen LogP contribution in [0.1, 0.15) is 23.5 Å². The molecule has 3 rings (SSSR count). The van der Waals surface area contributed by atoms with Gasteiger partial charge in [0.05, 0.1) is 10.7 Å². The molecule has 0 aliphatic carbocycles. The van der Waals surface area contributed by atoms with Crippen molar-refractivity contribution in [2.75, 3.05) is 6.54 Å². The molecule has 0 aliphatic heterocycles. The lowest BCUT2D eigenvalue weighted by Gasteiger charge is -2.15. The normalized spacial score (nSPS) is 12.4. The zero-order chi connectivity index (χ0) is 14.5. The average Bonchev–Trinajstić information content (AvgIpc) is 3.19. The first-order valence-electron chi connectivity index (χ1n) is 7.12. The maximum atomic E-state index is 4.79. The quantitative estimate of drug-likeness (QED) is 0.709. The Morgan fingerprint density at radius 2 is 2.00 bits per heavy atom. The van der Waals surface area contributed by atoms with Crippen LogP contribution in [0.3, 0.4) is 0 Å². The lowest BCUT2D eigenvalue weighted by molar-refractivity contribution is 0.550. The van der Waals surface area contributed by atoms with Crippen LogP contribution in [0.5, 0.6) is 0 Å². The molecule has 2 aromatic heterocycles. The number of hydrogen-bond acceptors (Lipinski definition) is 4. The summed E-state index contributed by atoms with van der Waals surface area (Å²) in [5.41, 5.74) is 3.63. The van der Waals surface area contributed by atoms with E-state index in [2.05, 4.69) is 58.7 Å². The second-order valence-corrected chi connectivity index (χ2v) is 6.59. The van der Waals surface area contributed by atoms with Crippen LogP contribution in [0.2, 0.25) is 0 Å². The molecule has 1 N–H and O–H groups in total. The molecule has 0 saturated carbocycles. The Morgan fingerprint density at radius 1 is 1.14 bits per heavy atom. The van der Waals surface area contributed by atoms with Crippen molar-refractivity contribution < 1.29 is 0 Å². The third-order valence-corrected chi connectivity index (χ3v) is 4.97. The number of rotatable bonds is 6. The molecule has 3 aromatic rings. The lowest BCUT2D eigenvalue weighted by Crippen LogP contribution is -2.22. The van der Waals surface area contributed by atoms with Gasteiger partial charge in [-0.25, -0.2) is 4.98 Å². The third-order valence-electron chi connectivity index (χ3n) is 3.40. The van der Waals surface area contributed by atoms with Gasteiger partial charge >= 0.3 is 0 Å². The molecule has 1 aromatic carbocycles. The number of nitrogens with zero attached hydrogens (tertiary/aromatic N) is 1. The van der Waals surface area contributed by atoms with E-state index < -0.39 is 0 Å². The number of thiazole rings is 1. The summed E-state index contributed by atoms with van der Waals surface area (Å²) in [6.07, 6.45) is 0.947. The van der Waals surface area contributed by atoms with Crippen molar-refractivity contribution in [3.05, 3.63) is 63.1 Å². The largest absolute Gasteiger partial charge is 0.310 e. The van der Waals surface area contributed by atoms with Crippen molar-refractivity contribution in [3.8, 4) is 11.3 Å². The zero-order valence-electron chi connectivity index (χ0n) is 12.0. The zero-order valence-corrected chi connectivity index (χ0v) is 13.6. The van der Waals surface area contributed by atoms with E-state index in [1.54, 1.807) is 22.7 Å². The monoisotopic (exact) mass is 314 g/mol. The highest BCUT2D eigenvalue weighted by Gasteiger charge is 2.14. The second kappa shape index (κ2) is 6.98. The van der Waals surface area contributed by atoms with E-state index in [4.69, 9.17) is 4.98 Å². The van der Waals surface area contributed by atoms with Crippen LogP contribution >= 0.6 is 22.7 Å². The number of nitrogens with one attached hydrogen (secondary N) is 1. The lowest BCUT2D eigenvalue weighted by atomic mass is 10.1. The van der Waals surface area contributed by atoms with Gasteiger partial charge in [0.1, 0.15) is 0 Å². The molecule has 1 atom stereocenters. The van der Waals surface area contributed by atoms with Crippen molar-refractivity contribution in [3.63, 3.8) is 0 Å². The molecule has 0 amide bonds. The van der Waals surface area contributed by atoms with Crippen molar-refractivity contribution in [1.82, 2.24) is 10.3 Å². The first-order chi connectivity index (χ1) is 10.4. The van der Waals surface area contributed by atoms with Crippen molar-refractivity contribution >= 4 is 22.7 Å². The van der Waals surface area contributed by atoms with Crippen LogP contribution in [0.4, 0.5) is 0 Å². The van der Waals surface area contributed by atoms with E-state index in [1.807, 2.05) is 6.07 Å². The summed E-state index contributed by atoms with van der Waals surface area (Å²) in [5.74, 6) is 0. The van der Waals surface area contributed by atoms with Crippen LogP contribution < -0.4 is 5.32 Å². The summed E-state index contributed by atoms with van der Waals surface area (Å²) < 4.78 is 0. The molecular formula is C17H18N2S2. The Hall–Kier alpha value is -1.49. The van der Waals surface area contributed by atoms with Crippen LogP contribution in [0, 0.1) is 0 Å². The summed E-state index contributed by atoms with van der Waals surface area (Å²) in [4.78, 5) is 4.79. The highest BCUT2D eigenvalue weighted by molar-refractivity contribution is 7.10. The molecule has 0 bridgehead atoms. The number of likely N-dealkylation sites (N-methyl/N-ethyl adjacent to an activating group) is 1. The molecule has 0 radical (unpaired) electrons. The van der Waals surface area contributed by atoms with Gasteiger partial charge in [-0.1, -0.05) is 37.3 Å². The molecule has 108 valence electrons. The molecule has 0 fully saturated rings. The van der Waals surface area contributed by atoms with Crippen molar-refractivity contribution in [1.29, 1.82) is 0 Å². The van der Waals surface area contributed by atoms with Gasteiger partial charge in [0.25, 0.3) is 0 Å². The fourth-order valence-electron chi connectivity index (χ4n) is 2.35. The summed E-state index contributed by atoms with van der Waals surface area (Å²) in [7, 11) is 0. The Kier molecular flexibility index (Phi) is 4.80. The van der Waals surface area contributed by atoms with Gasteiger partial charge in [-0.3, -0.25) is 0 Å². The number of hydrogen-bond donors (Lipinski definition) is 1. The average molecular weight is 314 g/mol. The summed E-state index contributed by atoms with van der Waals surface area (Å²) in [6.45, 7) is 3.12. The maximum Gasteiger partial charge on any atom is 0.0951 e. The molecule has 2 nitrogen and oxygen atoms in total. The van der Waals surface area contributed by atoms with Crippen LogP contribution in [-0.4, -0.2) is 11.5 Å². The molecule has 0 spiro atoms. The molecule has 0 aliphatic rings. The minimum absolute atomic E-state index is 0.357. The van der Waals surface area contributed by atoms with Gasteiger partial charge in [0.2, 0.25) is 0 Å². The Bertz CT molecular complexity index is 659. The van der Waals surface area contributed by atoms with E-state index in [0.717, 1.165) is 18.7 Å². The van der Waals surface area contributed by atoms with E-state index in [9.17, 15) is 0 Å². The first-order valence-corrected chi connectivity index (χ1v) is 8.94. The molecule has 0 saturated heterocycles. The van der Waals surface area contributed by atoms with E-state index >= 15 is 0 Å². The number of thiophene rings is 1. The molecule has 4 heteroatoms. The van der Waals surface area contributed by atoms with Crippen molar-refractivity contribution in [2.45, 2.75) is 19.4 Å². The minimum atomic E-state index is 0.357. The van der Waals surface area contributed by atoms with E-state index in [-0.39, 0.29) is 0 Å². The fraction of sp³-hybridized carbons (Fsp3) is 0.235. The predicted molar refractivity (Wildman–Crippen MR) is 92.0 cm³/mol. The van der Waals surface area contributed by atoms with E-state index in [0.29, 0.717) is 6.04 Å². The smallest absolute Gasteiger partial charge is 0.0951 e. The summed E-state index contributed by atoms with van der Waals surface area (Å²) in [5, 5.41) is 11.3. The minimum Gasteiger partial charge on any atom is -0.310 e. The number of aromatic nitrogens is 1. The van der Waals surface area contributed by atoms with Crippen LogP contribution in [-0.2, 0) is 6.42 Å². The van der Waals surface area contributed by atoms with Gasteiger partial charge < -0.3 is 5.32 Å². The fourth-order valence-corrected chi connectivity index (χ4v) is 3.91. The van der Waals surface area contributed by atoms with Gasteiger partial charge in [0.15, 0.2) is 0 Å². The maximum absolute atomic E-state index is 4.79. The third kappa shape index (κ3) is 3.59. The van der Waals surface area contributed by atoms with Gasteiger partial charge in [0, 0.05) is 23.4 Å². The van der Waals surface area contributed by atoms with Gasteiger partial charge in [-0.15, -0.1) is 11.3 Å².